The maximum atomic E-state index is 11.0. The molecule has 0 fully saturated rings. The highest BCUT2D eigenvalue weighted by atomic mass is 16.3. The Bertz CT molecular complexity index is 488. The third kappa shape index (κ3) is 1.85. The first-order valence-corrected chi connectivity index (χ1v) is 4.39. The molecule has 0 radical (unpaired) electrons. The van der Waals surface area contributed by atoms with Gasteiger partial charge in [-0.15, -0.1) is 5.10 Å². The highest BCUT2D eigenvalue weighted by Gasteiger charge is 2.06. The Balaban J connectivity index is 2.37. The molecule has 1 heterocycles. The van der Waals surface area contributed by atoms with Crippen LogP contribution in [-0.4, -0.2) is 25.9 Å². The van der Waals surface area contributed by atoms with E-state index in [1.165, 1.54) is 11.6 Å². The number of phenols is 1. The van der Waals surface area contributed by atoms with Crippen LogP contribution in [0.15, 0.2) is 30.5 Å². The minimum absolute atomic E-state index is 0.125. The summed E-state index contributed by atoms with van der Waals surface area (Å²) in [7, 11) is 0. The first kappa shape index (κ1) is 9.39. The van der Waals surface area contributed by atoms with Gasteiger partial charge in [0.2, 0.25) is 0 Å². The minimum atomic E-state index is -0.125. The van der Waals surface area contributed by atoms with Crippen molar-refractivity contribution >= 4 is 5.78 Å². The molecule has 0 aliphatic carbocycles. The largest absolute Gasteiger partial charge is 0.508 e. The van der Waals surface area contributed by atoms with Crippen molar-refractivity contribution in [2.45, 2.75) is 6.92 Å². The molecule has 2 rings (SSSR count). The molecule has 15 heavy (non-hydrogen) atoms. The van der Waals surface area contributed by atoms with Crippen LogP contribution in [0.2, 0.25) is 0 Å². The number of aromatic hydroxyl groups is 1. The van der Waals surface area contributed by atoms with E-state index in [1.54, 1.807) is 30.5 Å². The quantitative estimate of drug-likeness (QED) is 0.744. The molecule has 76 valence electrons. The van der Waals surface area contributed by atoms with Gasteiger partial charge in [-0.25, -0.2) is 4.68 Å². The van der Waals surface area contributed by atoms with Crippen LogP contribution in [0.1, 0.15) is 17.4 Å². The van der Waals surface area contributed by atoms with E-state index in [0.29, 0.717) is 5.69 Å². The van der Waals surface area contributed by atoms with Crippen LogP contribution >= 0.6 is 0 Å². The number of phenolic OH excluding ortho intramolecular Hbond substituents is 1. The summed E-state index contributed by atoms with van der Waals surface area (Å²) in [5, 5.41) is 16.6. The summed E-state index contributed by atoms with van der Waals surface area (Å²) in [6.07, 6.45) is 1.55. The van der Waals surface area contributed by atoms with Gasteiger partial charge in [-0.2, -0.15) is 0 Å². The van der Waals surface area contributed by atoms with Crippen molar-refractivity contribution in [2.75, 3.05) is 0 Å². The zero-order valence-corrected chi connectivity index (χ0v) is 8.08. The number of Topliss-reactive ketones (excluding diaryl/α,β-unsaturated/α-hetero) is 1. The van der Waals surface area contributed by atoms with Crippen molar-refractivity contribution in [3.8, 4) is 11.4 Å². The van der Waals surface area contributed by atoms with E-state index in [2.05, 4.69) is 10.3 Å². The Hall–Kier alpha value is -2.17. The van der Waals surface area contributed by atoms with E-state index >= 15 is 0 Å². The van der Waals surface area contributed by atoms with Gasteiger partial charge >= 0.3 is 0 Å². The average molecular weight is 203 g/mol. The molecule has 0 bridgehead atoms. The van der Waals surface area contributed by atoms with E-state index in [1.807, 2.05) is 0 Å². The van der Waals surface area contributed by atoms with E-state index in [-0.39, 0.29) is 11.5 Å². The summed E-state index contributed by atoms with van der Waals surface area (Å²) >= 11 is 0. The highest BCUT2D eigenvalue weighted by molar-refractivity contribution is 5.91. The Morgan fingerprint density at radius 3 is 2.53 bits per heavy atom. The molecular formula is C10H9N3O2. The number of aromatic nitrogens is 3. The van der Waals surface area contributed by atoms with E-state index in [4.69, 9.17) is 5.11 Å². The maximum Gasteiger partial charge on any atom is 0.181 e. The molecule has 0 aliphatic rings. The number of carbonyl (C=O) groups is 1. The molecule has 5 nitrogen and oxygen atoms in total. The smallest absolute Gasteiger partial charge is 0.181 e. The second-order valence-corrected chi connectivity index (χ2v) is 3.12. The molecule has 1 N–H and O–H groups in total. The van der Waals surface area contributed by atoms with Crippen molar-refractivity contribution in [2.24, 2.45) is 0 Å². The van der Waals surface area contributed by atoms with E-state index in [0.717, 1.165) is 5.69 Å². The van der Waals surface area contributed by atoms with Crippen LogP contribution < -0.4 is 0 Å². The van der Waals surface area contributed by atoms with Crippen LogP contribution in [0, 0.1) is 0 Å². The molecule has 0 aliphatic heterocycles. The number of carbonyl (C=O) groups excluding carboxylic acids is 1. The summed E-state index contributed by atoms with van der Waals surface area (Å²) in [5.41, 5.74) is 1.07. The number of ketones is 1. The van der Waals surface area contributed by atoms with Gasteiger partial charge in [-0.05, 0) is 24.3 Å². The molecule has 0 amide bonds. The first-order valence-electron chi connectivity index (χ1n) is 4.39. The van der Waals surface area contributed by atoms with Gasteiger partial charge in [0.05, 0.1) is 11.9 Å². The molecular weight excluding hydrogens is 194 g/mol. The van der Waals surface area contributed by atoms with Gasteiger partial charge < -0.3 is 5.11 Å². The SMILES string of the molecule is CC(=O)c1cn(-c2ccc(O)cc2)nn1. The standard InChI is InChI=1S/C10H9N3O2/c1-7(14)10-6-13(12-11-10)8-2-4-9(15)5-3-8/h2-6,15H,1H3. The number of benzene rings is 1. The zero-order valence-electron chi connectivity index (χ0n) is 8.08. The summed E-state index contributed by atoms with van der Waals surface area (Å²) in [6, 6.07) is 6.47. The lowest BCUT2D eigenvalue weighted by Gasteiger charge is -1.98. The Kier molecular flexibility index (Phi) is 2.21. The fourth-order valence-electron chi connectivity index (χ4n) is 1.16. The number of rotatable bonds is 2. The molecule has 1 aromatic carbocycles. The van der Waals surface area contributed by atoms with Crippen molar-refractivity contribution in [3.05, 3.63) is 36.2 Å². The minimum Gasteiger partial charge on any atom is -0.508 e. The zero-order chi connectivity index (χ0) is 10.8. The van der Waals surface area contributed by atoms with Crippen LogP contribution in [0.3, 0.4) is 0 Å². The summed E-state index contributed by atoms with van der Waals surface area (Å²) in [6.45, 7) is 1.44. The van der Waals surface area contributed by atoms with E-state index < -0.39 is 0 Å². The summed E-state index contributed by atoms with van der Waals surface area (Å²) < 4.78 is 1.48. The highest BCUT2D eigenvalue weighted by Crippen LogP contribution is 2.12. The maximum absolute atomic E-state index is 11.0. The summed E-state index contributed by atoms with van der Waals surface area (Å²) in [4.78, 5) is 11.0. The van der Waals surface area contributed by atoms with Crippen molar-refractivity contribution in [1.82, 2.24) is 15.0 Å². The molecule has 5 heteroatoms. The molecule has 1 aromatic heterocycles. The Morgan fingerprint density at radius 2 is 2.00 bits per heavy atom. The van der Waals surface area contributed by atoms with Gasteiger partial charge in [0.25, 0.3) is 0 Å². The van der Waals surface area contributed by atoms with Gasteiger partial charge in [0, 0.05) is 6.92 Å². The van der Waals surface area contributed by atoms with Crippen LogP contribution in [-0.2, 0) is 0 Å². The second-order valence-electron chi connectivity index (χ2n) is 3.12. The molecule has 0 spiro atoms. The van der Waals surface area contributed by atoms with Gasteiger partial charge in [0.15, 0.2) is 5.78 Å². The molecule has 0 unspecified atom stereocenters. The van der Waals surface area contributed by atoms with Crippen LogP contribution in [0.25, 0.3) is 5.69 Å². The second kappa shape index (κ2) is 3.53. The van der Waals surface area contributed by atoms with Gasteiger partial charge in [0.1, 0.15) is 11.4 Å². The first-order chi connectivity index (χ1) is 7.16. The lowest BCUT2D eigenvalue weighted by Crippen LogP contribution is -1.93. The summed E-state index contributed by atoms with van der Waals surface area (Å²) in [5.74, 6) is 0.0608. The third-order valence-electron chi connectivity index (χ3n) is 1.97. The third-order valence-corrected chi connectivity index (χ3v) is 1.97. The molecule has 0 saturated carbocycles. The predicted octanol–water partition coefficient (Wildman–Crippen LogP) is 1.18. The number of nitrogens with zero attached hydrogens (tertiary/aromatic N) is 3. The van der Waals surface area contributed by atoms with Crippen LogP contribution in [0.4, 0.5) is 0 Å². The number of hydrogen-bond acceptors (Lipinski definition) is 4. The van der Waals surface area contributed by atoms with Crippen molar-refractivity contribution < 1.29 is 9.90 Å². The topological polar surface area (TPSA) is 68.0 Å². The van der Waals surface area contributed by atoms with Crippen LogP contribution in [0.5, 0.6) is 5.75 Å². The van der Waals surface area contributed by atoms with Crippen molar-refractivity contribution in [1.29, 1.82) is 0 Å². The molecule has 0 atom stereocenters. The normalized spacial score (nSPS) is 10.2. The van der Waals surface area contributed by atoms with Gasteiger partial charge in [-0.1, -0.05) is 5.21 Å². The molecule has 0 saturated heterocycles. The Labute approximate surface area is 86.0 Å². The van der Waals surface area contributed by atoms with Crippen molar-refractivity contribution in [3.63, 3.8) is 0 Å². The fraction of sp³-hybridized carbons (Fsp3) is 0.100. The van der Waals surface area contributed by atoms with E-state index in [9.17, 15) is 4.79 Å². The lowest BCUT2D eigenvalue weighted by atomic mass is 10.3. The predicted molar refractivity (Wildman–Crippen MR) is 53.0 cm³/mol. The average Bonchev–Trinajstić information content (AvgIpc) is 2.68. The monoisotopic (exact) mass is 203 g/mol. The molecule has 2 aromatic rings. The lowest BCUT2D eigenvalue weighted by molar-refractivity contribution is 0.101. The number of hydrogen-bond donors (Lipinski definition) is 1. The fourth-order valence-corrected chi connectivity index (χ4v) is 1.16. The van der Waals surface area contributed by atoms with Gasteiger partial charge in [-0.3, -0.25) is 4.79 Å². The Morgan fingerprint density at radius 1 is 1.33 bits per heavy atom.